The van der Waals surface area contributed by atoms with Gasteiger partial charge in [0.25, 0.3) is 0 Å². The lowest BCUT2D eigenvalue weighted by atomic mass is 9.34. The molecule has 0 unspecified atom stereocenters. The summed E-state index contributed by atoms with van der Waals surface area (Å²) in [6.45, 7) is 13.0. The number of carbonyl (C=O) groups is 3. The summed E-state index contributed by atoms with van der Waals surface area (Å²) in [6.07, 6.45) is 12.7. The van der Waals surface area contributed by atoms with Gasteiger partial charge in [0.1, 0.15) is 0 Å². The molecule has 0 heterocycles. The fourth-order valence-corrected chi connectivity index (χ4v) is 9.26. The molecule has 0 aromatic carbocycles. The molecule has 5 aliphatic rings. The van der Waals surface area contributed by atoms with Crippen molar-refractivity contribution in [2.24, 2.45) is 38.7 Å². The van der Waals surface area contributed by atoms with E-state index in [2.05, 4.69) is 46.0 Å². The molecular weight excluding hydrogens is 452 g/mol. The highest BCUT2D eigenvalue weighted by molar-refractivity contribution is 6.45. The molecule has 3 saturated carbocycles. The molecule has 196 valence electrons. The number of nitrogens with two attached hydrogens (primary N) is 1. The van der Waals surface area contributed by atoms with Gasteiger partial charge in [-0.05, 0) is 98.2 Å². The van der Waals surface area contributed by atoms with Crippen molar-refractivity contribution in [3.05, 3.63) is 34.9 Å². The van der Waals surface area contributed by atoms with Crippen LogP contribution in [-0.4, -0.2) is 34.8 Å². The summed E-state index contributed by atoms with van der Waals surface area (Å²) in [5.74, 6) is -0.614. The van der Waals surface area contributed by atoms with Crippen molar-refractivity contribution in [1.29, 1.82) is 0 Å². The van der Waals surface area contributed by atoms with Crippen LogP contribution in [0.25, 0.3) is 0 Å². The molecule has 0 saturated heterocycles. The number of hydrogen-bond donors (Lipinski definition) is 3. The van der Waals surface area contributed by atoms with Gasteiger partial charge >= 0.3 is 6.03 Å². The van der Waals surface area contributed by atoms with Crippen LogP contribution in [0.3, 0.4) is 0 Å². The van der Waals surface area contributed by atoms with Gasteiger partial charge in [-0.15, -0.1) is 0 Å². The third-order valence-electron chi connectivity index (χ3n) is 11.9. The van der Waals surface area contributed by atoms with E-state index in [4.69, 9.17) is 5.73 Å². The highest BCUT2D eigenvalue weighted by atomic mass is 16.3. The Morgan fingerprint density at radius 3 is 2.28 bits per heavy atom. The Labute approximate surface area is 214 Å². The normalized spacial score (nSPS) is 47.9. The molecule has 0 spiro atoms. The summed E-state index contributed by atoms with van der Waals surface area (Å²) in [4.78, 5) is 37.5. The highest BCUT2D eigenvalue weighted by Crippen LogP contribution is 2.75. The third kappa shape index (κ3) is 3.03. The Morgan fingerprint density at radius 1 is 0.972 bits per heavy atom. The number of rotatable bonds is 2. The molecule has 5 rings (SSSR count). The maximum absolute atomic E-state index is 12.8. The quantitative estimate of drug-likeness (QED) is 0.480. The zero-order chi connectivity index (χ0) is 26.5. The van der Waals surface area contributed by atoms with Gasteiger partial charge in [0.2, 0.25) is 11.6 Å². The molecular formula is C30H42N2O4. The van der Waals surface area contributed by atoms with E-state index in [-0.39, 0.29) is 33.8 Å². The highest BCUT2D eigenvalue weighted by Gasteiger charge is 2.67. The topological polar surface area (TPSA) is 109 Å². The van der Waals surface area contributed by atoms with E-state index in [0.29, 0.717) is 5.92 Å². The van der Waals surface area contributed by atoms with Crippen LogP contribution in [0.4, 0.5) is 4.79 Å². The second kappa shape index (κ2) is 7.43. The van der Waals surface area contributed by atoms with Crippen molar-refractivity contribution in [3.8, 4) is 0 Å². The molecule has 4 N–H and O–H groups in total. The number of aliphatic hydroxyl groups is 1. The van der Waals surface area contributed by atoms with Gasteiger partial charge in [-0.2, -0.15) is 0 Å². The molecule has 0 radical (unpaired) electrons. The van der Waals surface area contributed by atoms with E-state index < -0.39 is 23.0 Å². The summed E-state index contributed by atoms with van der Waals surface area (Å²) < 4.78 is 0. The number of primary amides is 1. The van der Waals surface area contributed by atoms with Crippen LogP contribution in [0, 0.1) is 33.0 Å². The number of nitrogens with one attached hydrogen (secondary N) is 1. The summed E-state index contributed by atoms with van der Waals surface area (Å²) in [5, 5.41) is 13.3. The molecule has 0 aromatic heterocycles. The molecule has 3 fully saturated rings. The molecule has 7 atom stereocenters. The zero-order valence-electron chi connectivity index (χ0n) is 22.7. The number of amides is 2. The number of ketones is 2. The Bertz CT molecular complexity index is 1170. The SMILES string of the molecule is C[C@@]1(NC(N)=O)CC[C@]2(C)CC[C@]3(C)C4=CC=C5C(=CC(=O)C(=O)[C@@]5(C)CO)[C@]4(C)CC[C@@]3(C)[C@@H]2C1. The molecule has 6 heteroatoms. The van der Waals surface area contributed by atoms with Crippen molar-refractivity contribution in [3.63, 3.8) is 0 Å². The lowest BCUT2D eigenvalue weighted by Gasteiger charge is -2.70. The number of Topliss-reactive ketones (excluding diaryl/α,β-unsaturated/α-hetero) is 1. The fraction of sp³-hybridized carbons (Fsp3) is 0.700. The Kier molecular flexibility index (Phi) is 5.25. The van der Waals surface area contributed by atoms with Gasteiger partial charge in [0, 0.05) is 11.0 Å². The Hall–Kier alpha value is -2.21. The minimum atomic E-state index is -1.19. The van der Waals surface area contributed by atoms with E-state index in [9.17, 15) is 19.5 Å². The van der Waals surface area contributed by atoms with Crippen LogP contribution < -0.4 is 11.1 Å². The Balaban J connectivity index is 1.63. The van der Waals surface area contributed by atoms with Crippen LogP contribution >= 0.6 is 0 Å². The van der Waals surface area contributed by atoms with Crippen molar-refractivity contribution in [1.82, 2.24) is 5.32 Å². The average molecular weight is 495 g/mol. The lowest BCUT2D eigenvalue weighted by Crippen LogP contribution is -2.64. The van der Waals surface area contributed by atoms with E-state index in [1.807, 2.05) is 6.08 Å². The van der Waals surface area contributed by atoms with E-state index in [1.165, 1.54) is 5.57 Å². The minimum Gasteiger partial charge on any atom is -0.395 e. The molecule has 0 bridgehead atoms. The molecule has 2 amide bonds. The first-order valence-electron chi connectivity index (χ1n) is 13.5. The van der Waals surface area contributed by atoms with Gasteiger partial charge in [0.15, 0.2) is 0 Å². The lowest BCUT2D eigenvalue weighted by molar-refractivity contribution is -0.153. The fourth-order valence-electron chi connectivity index (χ4n) is 9.26. The number of urea groups is 1. The summed E-state index contributed by atoms with van der Waals surface area (Å²) in [7, 11) is 0. The number of carbonyl (C=O) groups excluding carboxylic acids is 3. The zero-order valence-corrected chi connectivity index (χ0v) is 22.7. The first-order chi connectivity index (χ1) is 16.6. The molecule has 36 heavy (non-hydrogen) atoms. The van der Waals surface area contributed by atoms with E-state index >= 15 is 0 Å². The summed E-state index contributed by atoms with van der Waals surface area (Å²) >= 11 is 0. The van der Waals surface area contributed by atoms with Gasteiger partial charge in [-0.25, -0.2) is 4.79 Å². The monoisotopic (exact) mass is 494 g/mol. The van der Waals surface area contributed by atoms with Crippen LogP contribution in [0.2, 0.25) is 0 Å². The summed E-state index contributed by atoms with van der Waals surface area (Å²) in [5.41, 5.74) is 6.90. The maximum Gasteiger partial charge on any atom is 0.312 e. The average Bonchev–Trinajstić information content (AvgIpc) is 2.80. The van der Waals surface area contributed by atoms with E-state index in [1.54, 1.807) is 13.0 Å². The van der Waals surface area contributed by atoms with Gasteiger partial charge in [-0.3, -0.25) is 9.59 Å². The minimum absolute atomic E-state index is 0.00697. The van der Waals surface area contributed by atoms with Crippen molar-refractivity contribution < 1.29 is 19.5 Å². The van der Waals surface area contributed by atoms with Gasteiger partial charge < -0.3 is 16.2 Å². The smallest absolute Gasteiger partial charge is 0.312 e. The number of allylic oxidation sites excluding steroid dienone is 5. The maximum atomic E-state index is 12.8. The molecule has 5 aliphatic carbocycles. The van der Waals surface area contributed by atoms with Crippen LogP contribution in [-0.2, 0) is 9.59 Å². The number of fused-ring (bicyclic) bond motifs is 7. The first-order valence-corrected chi connectivity index (χ1v) is 13.5. The second-order valence-corrected chi connectivity index (χ2v) is 13.9. The van der Waals surface area contributed by atoms with Crippen molar-refractivity contribution >= 4 is 17.6 Å². The van der Waals surface area contributed by atoms with Crippen molar-refractivity contribution in [2.75, 3.05) is 6.61 Å². The predicted molar refractivity (Wildman–Crippen MR) is 139 cm³/mol. The van der Waals surface area contributed by atoms with E-state index in [0.717, 1.165) is 56.1 Å². The van der Waals surface area contributed by atoms with Crippen LogP contribution in [0.15, 0.2) is 34.9 Å². The summed E-state index contributed by atoms with van der Waals surface area (Å²) in [6, 6.07) is -0.455. The predicted octanol–water partition coefficient (Wildman–Crippen LogP) is 4.77. The molecule has 0 aromatic rings. The second-order valence-electron chi connectivity index (χ2n) is 13.9. The number of hydrogen-bond acceptors (Lipinski definition) is 4. The van der Waals surface area contributed by atoms with Crippen LogP contribution in [0.5, 0.6) is 0 Å². The number of aliphatic hydroxyl groups excluding tert-OH is 1. The van der Waals surface area contributed by atoms with Gasteiger partial charge in [0.05, 0.1) is 12.0 Å². The third-order valence-corrected chi connectivity index (χ3v) is 11.9. The van der Waals surface area contributed by atoms with Crippen LogP contribution in [0.1, 0.15) is 86.5 Å². The largest absolute Gasteiger partial charge is 0.395 e. The van der Waals surface area contributed by atoms with Gasteiger partial charge in [-0.1, -0.05) is 45.4 Å². The standard InChI is InChI=1S/C30H42N2O4/c1-25-9-11-26(2,32-24(31)36)16-22(25)30(6)14-12-27(3)19-15-20(34)23(35)28(4,17-33)18(19)7-8-21(27)29(30,5)13-10-25/h7-8,15,22,33H,9-14,16-17H2,1-6H3,(H3,31,32,36)/t22-,25-,26-,27+,28+,29-,30+/m1/s1. The molecule has 6 nitrogen and oxygen atoms in total. The molecule has 0 aliphatic heterocycles. The Morgan fingerprint density at radius 2 is 1.64 bits per heavy atom. The van der Waals surface area contributed by atoms with Crippen molar-refractivity contribution in [2.45, 2.75) is 92.0 Å². The first kappa shape index (κ1) is 25.4.